The summed E-state index contributed by atoms with van der Waals surface area (Å²) in [6, 6.07) is 3.94. The van der Waals surface area contributed by atoms with Gasteiger partial charge in [0.05, 0.1) is 11.1 Å². The zero-order chi connectivity index (χ0) is 8.97. The fourth-order valence-corrected chi connectivity index (χ4v) is 1.65. The Labute approximate surface area is 77.0 Å². The third kappa shape index (κ3) is 2.83. The van der Waals surface area contributed by atoms with Gasteiger partial charge in [0, 0.05) is 11.9 Å². The lowest BCUT2D eigenvalue weighted by molar-refractivity contribution is 0.220. The topological polar surface area (TPSA) is 33.1 Å². The van der Waals surface area contributed by atoms with Gasteiger partial charge in [0.1, 0.15) is 0 Å². The van der Waals surface area contributed by atoms with Crippen LogP contribution in [0.4, 0.5) is 0 Å². The predicted molar refractivity (Wildman–Crippen MR) is 51.4 cm³/mol. The third-order valence-corrected chi connectivity index (χ3v) is 2.77. The van der Waals surface area contributed by atoms with Crippen LogP contribution >= 0.6 is 11.8 Å². The van der Waals surface area contributed by atoms with Gasteiger partial charge in [-0.25, -0.2) is 4.98 Å². The maximum absolute atomic E-state index is 9.06. The minimum Gasteiger partial charge on any atom is -0.393 e. The molecule has 1 unspecified atom stereocenters. The molecule has 66 valence electrons. The molecule has 0 spiro atoms. The Morgan fingerprint density at radius 2 is 2.42 bits per heavy atom. The van der Waals surface area contributed by atoms with E-state index in [2.05, 4.69) is 4.98 Å². The van der Waals surface area contributed by atoms with Crippen molar-refractivity contribution in [3.8, 4) is 0 Å². The number of nitrogens with zero attached hydrogens (tertiary/aromatic N) is 1. The normalized spacial score (nSPS) is 12.9. The number of aryl methyl sites for hydroxylation is 1. The van der Waals surface area contributed by atoms with Gasteiger partial charge in [0.15, 0.2) is 0 Å². The zero-order valence-corrected chi connectivity index (χ0v) is 8.14. The molecule has 12 heavy (non-hydrogen) atoms. The summed E-state index contributed by atoms with van der Waals surface area (Å²) in [6.45, 7) is 3.81. The summed E-state index contributed by atoms with van der Waals surface area (Å²) < 4.78 is 0. The highest BCUT2D eigenvalue weighted by molar-refractivity contribution is 7.99. The van der Waals surface area contributed by atoms with Gasteiger partial charge in [-0.15, -0.1) is 11.8 Å². The molecule has 0 aromatic carbocycles. The van der Waals surface area contributed by atoms with E-state index in [4.69, 9.17) is 5.11 Å². The van der Waals surface area contributed by atoms with Gasteiger partial charge >= 0.3 is 0 Å². The summed E-state index contributed by atoms with van der Waals surface area (Å²) in [5.41, 5.74) is 1.17. The van der Waals surface area contributed by atoms with Gasteiger partial charge in [0.25, 0.3) is 0 Å². The average molecular weight is 183 g/mol. The minimum absolute atomic E-state index is 0.267. The molecule has 0 saturated heterocycles. The molecule has 1 aromatic heterocycles. The number of hydrogen-bond acceptors (Lipinski definition) is 3. The van der Waals surface area contributed by atoms with Crippen molar-refractivity contribution >= 4 is 11.8 Å². The van der Waals surface area contributed by atoms with E-state index in [1.54, 1.807) is 24.9 Å². The molecular weight excluding hydrogens is 170 g/mol. The molecule has 2 nitrogen and oxygen atoms in total. The molecule has 1 rings (SSSR count). The Morgan fingerprint density at radius 3 is 3.00 bits per heavy atom. The van der Waals surface area contributed by atoms with Gasteiger partial charge in [0.2, 0.25) is 0 Å². The molecular formula is C9H13NOS. The van der Waals surface area contributed by atoms with E-state index in [1.807, 2.05) is 19.1 Å². The molecule has 0 aliphatic rings. The fourth-order valence-electron chi connectivity index (χ4n) is 0.822. The van der Waals surface area contributed by atoms with E-state index in [0.717, 1.165) is 5.03 Å². The van der Waals surface area contributed by atoms with Crippen molar-refractivity contribution in [3.05, 3.63) is 23.9 Å². The van der Waals surface area contributed by atoms with Gasteiger partial charge in [-0.3, -0.25) is 0 Å². The van der Waals surface area contributed by atoms with Crippen molar-refractivity contribution in [3.63, 3.8) is 0 Å². The van der Waals surface area contributed by atoms with Crippen molar-refractivity contribution in [1.29, 1.82) is 0 Å². The SMILES string of the molecule is Cc1cccnc1SCC(C)O. The van der Waals surface area contributed by atoms with Crippen LogP contribution in [0.15, 0.2) is 23.4 Å². The van der Waals surface area contributed by atoms with Gasteiger partial charge < -0.3 is 5.11 Å². The van der Waals surface area contributed by atoms with E-state index in [0.29, 0.717) is 5.75 Å². The Balaban J connectivity index is 2.57. The summed E-state index contributed by atoms with van der Waals surface area (Å²) in [4.78, 5) is 4.20. The van der Waals surface area contributed by atoms with E-state index >= 15 is 0 Å². The molecule has 0 radical (unpaired) electrons. The van der Waals surface area contributed by atoms with Crippen LogP contribution in [-0.4, -0.2) is 21.9 Å². The van der Waals surface area contributed by atoms with Crippen LogP contribution in [0.3, 0.4) is 0 Å². The number of hydrogen-bond donors (Lipinski definition) is 1. The Kier molecular flexibility index (Phi) is 3.56. The minimum atomic E-state index is -0.267. The molecule has 1 N–H and O–H groups in total. The number of rotatable bonds is 3. The Hall–Kier alpha value is -0.540. The highest BCUT2D eigenvalue weighted by atomic mass is 32.2. The number of aromatic nitrogens is 1. The van der Waals surface area contributed by atoms with E-state index < -0.39 is 0 Å². The Morgan fingerprint density at radius 1 is 1.67 bits per heavy atom. The molecule has 1 heterocycles. The summed E-state index contributed by atoms with van der Waals surface area (Å²) >= 11 is 1.59. The Bertz CT molecular complexity index is 250. The maximum atomic E-state index is 9.06. The quantitative estimate of drug-likeness (QED) is 0.726. The number of thioether (sulfide) groups is 1. The maximum Gasteiger partial charge on any atom is 0.0989 e. The van der Waals surface area contributed by atoms with Crippen LogP contribution in [0, 0.1) is 6.92 Å². The largest absolute Gasteiger partial charge is 0.393 e. The van der Waals surface area contributed by atoms with Crippen LogP contribution in [0.5, 0.6) is 0 Å². The van der Waals surface area contributed by atoms with Crippen molar-refractivity contribution < 1.29 is 5.11 Å². The van der Waals surface area contributed by atoms with Gasteiger partial charge in [-0.2, -0.15) is 0 Å². The summed E-state index contributed by atoms with van der Waals surface area (Å²) in [5.74, 6) is 0.706. The first-order chi connectivity index (χ1) is 5.70. The number of aliphatic hydroxyl groups is 1. The first kappa shape index (κ1) is 9.55. The number of pyridine rings is 1. The molecule has 0 aliphatic carbocycles. The molecule has 0 fully saturated rings. The van der Waals surface area contributed by atoms with Gasteiger partial charge in [-0.1, -0.05) is 6.07 Å². The van der Waals surface area contributed by atoms with Crippen molar-refractivity contribution in [2.75, 3.05) is 5.75 Å². The van der Waals surface area contributed by atoms with Crippen LogP contribution in [-0.2, 0) is 0 Å². The van der Waals surface area contributed by atoms with E-state index in [1.165, 1.54) is 5.56 Å². The second kappa shape index (κ2) is 4.48. The molecule has 0 saturated carbocycles. The smallest absolute Gasteiger partial charge is 0.0989 e. The van der Waals surface area contributed by atoms with E-state index in [9.17, 15) is 0 Å². The lowest BCUT2D eigenvalue weighted by atomic mass is 10.3. The number of aliphatic hydroxyl groups excluding tert-OH is 1. The molecule has 3 heteroatoms. The van der Waals surface area contributed by atoms with Crippen molar-refractivity contribution in [2.45, 2.75) is 25.0 Å². The molecule has 0 bridgehead atoms. The second-order valence-electron chi connectivity index (χ2n) is 2.79. The monoisotopic (exact) mass is 183 g/mol. The summed E-state index contributed by atoms with van der Waals surface area (Å²) in [5, 5.41) is 10.1. The standard InChI is InChI=1S/C9H13NOS/c1-7-4-3-5-10-9(7)12-6-8(2)11/h3-5,8,11H,6H2,1-2H3. The van der Waals surface area contributed by atoms with Crippen LogP contribution in [0.2, 0.25) is 0 Å². The molecule has 1 aromatic rings. The van der Waals surface area contributed by atoms with E-state index in [-0.39, 0.29) is 6.10 Å². The second-order valence-corrected chi connectivity index (χ2v) is 3.79. The van der Waals surface area contributed by atoms with Crippen LogP contribution in [0.1, 0.15) is 12.5 Å². The van der Waals surface area contributed by atoms with Crippen LogP contribution in [0.25, 0.3) is 0 Å². The van der Waals surface area contributed by atoms with Crippen LogP contribution < -0.4 is 0 Å². The first-order valence-electron chi connectivity index (χ1n) is 3.92. The van der Waals surface area contributed by atoms with Crippen molar-refractivity contribution in [1.82, 2.24) is 4.98 Å². The third-order valence-electron chi connectivity index (χ3n) is 1.42. The lowest BCUT2D eigenvalue weighted by Crippen LogP contribution is -2.03. The zero-order valence-electron chi connectivity index (χ0n) is 7.32. The molecule has 0 aliphatic heterocycles. The molecule has 0 amide bonds. The summed E-state index contributed by atoms with van der Waals surface area (Å²) in [7, 11) is 0. The lowest BCUT2D eigenvalue weighted by Gasteiger charge is -2.04. The highest BCUT2D eigenvalue weighted by Crippen LogP contribution is 2.19. The summed E-state index contributed by atoms with van der Waals surface area (Å²) in [6.07, 6.45) is 1.51. The van der Waals surface area contributed by atoms with Crippen molar-refractivity contribution in [2.24, 2.45) is 0 Å². The average Bonchev–Trinajstić information content (AvgIpc) is 2.03. The first-order valence-corrected chi connectivity index (χ1v) is 4.91. The molecule has 1 atom stereocenters. The highest BCUT2D eigenvalue weighted by Gasteiger charge is 2.01. The predicted octanol–water partition coefficient (Wildman–Crippen LogP) is 1.86. The fraction of sp³-hybridized carbons (Fsp3) is 0.444. The van der Waals surface area contributed by atoms with Gasteiger partial charge in [-0.05, 0) is 25.5 Å².